The molecule has 1 aromatic carbocycles. The average Bonchev–Trinajstić information content (AvgIpc) is 3.50. The molecular formula is C21H23N5O3S. The topological polar surface area (TPSA) is 109 Å². The average molecular weight is 426 g/mol. The van der Waals surface area contributed by atoms with Crippen molar-refractivity contribution in [3.63, 3.8) is 0 Å². The molecule has 156 valence electrons. The SMILES string of the molecule is Cc1nc(C2(NCC(=O)Nc3ccc(NC(=O)c4cccs4)cc3)CCCC2)no1. The first kappa shape index (κ1) is 20.2. The number of hydrogen-bond acceptors (Lipinski definition) is 7. The van der Waals surface area contributed by atoms with Crippen molar-refractivity contribution in [2.45, 2.75) is 38.1 Å². The summed E-state index contributed by atoms with van der Waals surface area (Å²) >= 11 is 1.39. The quantitative estimate of drug-likeness (QED) is 0.533. The molecule has 1 aliphatic carbocycles. The summed E-state index contributed by atoms with van der Waals surface area (Å²) in [5.74, 6) is 0.839. The van der Waals surface area contributed by atoms with Gasteiger partial charge in [0.2, 0.25) is 11.8 Å². The summed E-state index contributed by atoms with van der Waals surface area (Å²) in [7, 11) is 0. The third-order valence-corrected chi connectivity index (χ3v) is 6.04. The maximum atomic E-state index is 12.5. The van der Waals surface area contributed by atoms with Gasteiger partial charge in [0.25, 0.3) is 5.91 Å². The summed E-state index contributed by atoms with van der Waals surface area (Å²) in [4.78, 5) is 29.6. The van der Waals surface area contributed by atoms with E-state index in [1.54, 1.807) is 37.3 Å². The highest BCUT2D eigenvalue weighted by molar-refractivity contribution is 7.12. The van der Waals surface area contributed by atoms with E-state index < -0.39 is 5.54 Å². The van der Waals surface area contributed by atoms with Crippen LogP contribution in [0.25, 0.3) is 0 Å². The molecule has 9 heteroatoms. The van der Waals surface area contributed by atoms with E-state index in [1.165, 1.54) is 11.3 Å². The van der Waals surface area contributed by atoms with Crippen LogP contribution in [0.15, 0.2) is 46.3 Å². The first-order chi connectivity index (χ1) is 14.5. The van der Waals surface area contributed by atoms with Crippen molar-refractivity contribution in [1.29, 1.82) is 0 Å². The fourth-order valence-electron chi connectivity index (χ4n) is 3.64. The molecule has 0 atom stereocenters. The second kappa shape index (κ2) is 8.76. The predicted molar refractivity (Wildman–Crippen MR) is 115 cm³/mol. The molecule has 1 saturated carbocycles. The zero-order valence-corrected chi connectivity index (χ0v) is 17.4. The fraction of sp³-hybridized carbons (Fsp3) is 0.333. The number of thiophene rings is 1. The van der Waals surface area contributed by atoms with Gasteiger partial charge in [-0.2, -0.15) is 4.98 Å². The normalized spacial score (nSPS) is 15.1. The van der Waals surface area contributed by atoms with Crippen LogP contribution < -0.4 is 16.0 Å². The molecule has 30 heavy (non-hydrogen) atoms. The van der Waals surface area contributed by atoms with Crippen LogP contribution in [-0.2, 0) is 10.3 Å². The van der Waals surface area contributed by atoms with Crippen molar-refractivity contribution in [1.82, 2.24) is 15.5 Å². The molecule has 0 unspecified atom stereocenters. The van der Waals surface area contributed by atoms with Gasteiger partial charge in [-0.05, 0) is 48.6 Å². The Morgan fingerprint density at radius 1 is 1.10 bits per heavy atom. The molecule has 2 heterocycles. The number of carbonyl (C=O) groups is 2. The monoisotopic (exact) mass is 425 g/mol. The highest BCUT2D eigenvalue weighted by atomic mass is 32.1. The highest BCUT2D eigenvalue weighted by Gasteiger charge is 2.39. The maximum absolute atomic E-state index is 12.5. The van der Waals surface area contributed by atoms with Gasteiger partial charge in [0.15, 0.2) is 5.82 Å². The Balaban J connectivity index is 1.32. The van der Waals surface area contributed by atoms with E-state index in [0.29, 0.717) is 28.0 Å². The summed E-state index contributed by atoms with van der Waals surface area (Å²) < 4.78 is 5.14. The van der Waals surface area contributed by atoms with Gasteiger partial charge in [0.1, 0.15) is 0 Å². The third kappa shape index (κ3) is 4.58. The third-order valence-electron chi connectivity index (χ3n) is 5.17. The molecule has 8 nitrogen and oxygen atoms in total. The lowest BCUT2D eigenvalue weighted by molar-refractivity contribution is -0.115. The molecule has 0 spiro atoms. The lowest BCUT2D eigenvalue weighted by Crippen LogP contribution is -2.44. The molecule has 2 amide bonds. The molecule has 0 saturated heterocycles. The number of rotatable bonds is 7. The Kier molecular flexibility index (Phi) is 5.91. The minimum Gasteiger partial charge on any atom is -0.340 e. The van der Waals surface area contributed by atoms with E-state index in [1.807, 2.05) is 11.4 Å². The summed E-state index contributed by atoms with van der Waals surface area (Å²) in [5, 5.41) is 15.0. The highest BCUT2D eigenvalue weighted by Crippen LogP contribution is 2.37. The molecule has 1 fully saturated rings. The number of carbonyl (C=O) groups excluding carboxylic acids is 2. The van der Waals surface area contributed by atoms with Gasteiger partial charge in [-0.15, -0.1) is 11.3 Å². The van der Waals surface area contributed by atoms with Gasteiger partial charge in [0.05, 0.1) is 17.0 Å². The molecule has 1 aliphatic rings. The summed E-state index contributed by atoms with van der Waals surface area (Å²) in [6.45, 7) is 1.91. The van der Waals surface area contributed by atoms with Gasteiger partial charge in [-0.1, -0.05) is 24.1 Å². The van der Waals surface area contributed by atoms with E-state index in [2.05, 4.69) is 26.1 Å². The Labute approximate surface area is 178 Å². The summed E-state index contributed by atoms with van der Waals surface area (Å²) in [6.07, 6.45) is 3.86. The number of benzene rings is 1. The molecule has 0 radical (unpaired) electrons. The molecule has 3 aromatic rings. The smallest absolute Gasteiger partial charge is 0.265 e. The Morgan fingerprint density at radius 3 is 2.40 bits per heavy atom. The zero-order valence-electron chi connectivity index (χ0n) is 16.6. The first-order valence-corrected chi connectivity index (χ1v) is 10.7. The number of anilines is 2. The van der Waals surface area contributed by atoms with Crippen molar-refractivity contribution < 1.29 is 14.1 Å². The van der Waals surface area contributed by atoms with Crippen LogP contribution in [0.5, 0.6) is 0 Å². The van der Waals surface area contributed by atoms with Crippen molar-refractivity contribution in [2.24, 2.45) is 0 Å². The minimum absolute atomic E-state index is 0.143. The van der Waals surface area contributed by atoms with Gasteiger partial charge in [0, 0.05) is 18.3 Å². The minimum atomic E-state index is -0.412. The van der Waals surface area contributed by atoms with Crippen LogP contribution in [0.1, 0.15) is 47.1 Å². The molecule has 2 aromatic heterocycles. The number of aryl methyl sites for hydroxylation is 1. The predicted octanol–water partition coefficient (Wildman–Crippen LogP) is 3.69. The Morgan fingerprint density at radius 2 is 1.80 bits per heavy atom. The van der Waals surface area contributed by atoms with Crippen LogP contribution >= 0.6 is 11.3 Å². The van der Waals surface area contributed by atoms with Crippen molar-refractivity contribution >= 4 is 34.5 Å². The lowest BCUT2D eigenvalue weighted by atomic mass is 9.96. The van der Waals surface area contributed by atoms with Crippen molar-refractivity contribution in [3.05, 3.63) is 58.4 Å². The zero-order chi connectivity index (χ0) is 21.0. The lowest BCUT2D eigenvalue weighted by Gasteiger charge is -2.26. The summed E-state index contributed by atoms with van der Waals surface area (Å²) in [5.41, 5.74) is 0.916. The van der Waals surface area contributed by atoms with E-state index in [-0.39, 0.29) is 18.4 Å². The Bertz CT molecular complexity index is 1010. The van der Waals surface area contributed by atoms with Gasteiger partial charge in [-0.25, -0.2) is 0 Å². The second-order valence-electron chi connectivity index (χ2n) is 7.34. The van der Waals surface area contributed by atoms with Crippen LogP contribution in [0.2, 0.25) is 0 Å². The van der Waals surface area contributed by atoms with Crippen molar-refractivity contribution in [2.75, 3.05) is 17.2 Å². The van der Waals surface area contributed by atoms with Crippen LogP contribution in [0, 0.1) is 6.92 Å². The largest absolute Gasteiger partial charge is 0.340 e. The van der Waals surface area contributed by atoms with Gasteiger partial charge < -0.3 is 15.2 Å². The molecule has 3 N–H and O–H groups in total. The number of hydrogen-bond donors (Lipinski definition) is 3. The summed E-state index contributed by atoms with van der Waals surface area (Å²) in [6, 6.07) is 10.6. The fourth-order valence-corrected chi connectivity index (χ4v) is 4.26. The molecule has 4 rings (SSSR count). The number of amides is 2. The van der Waals surface area contributed by atoms with Crippen molar-refractivity contribution in [3.8, 4) is 0 Å². The van der Waals surface area contributed by atoms with Crippen LogP contribution in [0.4, 0.5) is 11.4 Å². The number of aromatic nitrogens is 2. The van der Waals surface area contributed by atoms with Crippen LogP contribution in [-0.4, -0.2) is 28.5 Å². The number of nitrogens with zero attached hydrogens (tertiary/aromatic N) is 2. The van der Waals surface area contributed by atoms with Gasteiger partial charge in [-0.3, -0.25) is 14.9 Å². The van der Waals surface area contributed by atoms with E-state index in [0.717, 1.165) is 25.7 Å². The standard InChI is InChI=1S/C21H23N5O3S/c1-14-23-20(26-29-14)21(10-2-3-11-21)22-13-18(27)24-15-6-8-16(9-7-15)25-19(28)17-5-4-12-30-17/h4-9,12,22H,2-3,10-11,13H2,1H3,(H,24,27)(H,25,28). The molecule has 0 aliphatic heterocycles. The van der Waals surface area contributed by atoms with E-state index in [4.69, 9.17) is 4.52 Å². The Hall–Kier alpha value is -3.04. The molecule has 0 bridgehead atoms. The first-order valence-electron chi connectivity index (χ1n) is 9.85. The van der Waals surface area contributed by atoms with E-state index in [9.17, 15) is 9.59 Å². The van der Waals surface area contributed by atoms with E-state index >= 15 is 0 Å². The van der Waals surface area contributed by atoms with Crippen LogP contribution in [0.3, 0.4) is 0 Å². The second-order valence-corrected chi connectivity index (χ2v) is 8.28. The van der Waals surface area contributed by atoms with Gasteiger partial charge >= 0.3 is 0 Å². The molecular weight excluding hydrogens is 402 g/mol. The number of nitrogens with one attached hydrogen (secondary N) is 3. The maximum Gasteiger partial charge on any atom is 0.265 e.